The number of hydrogen-bond acceptors (Lipinski definition) is 2. The lowest BCUT2D eigenvalue weighted by atomic mass is 9.98. The highest BCUT2D eigenvalue weighted by Crippen LogP contribution is 2.30. The molecule has 2 heteroatoms. The normalized spacial score (nSPS) is 23.7. The van der Waals surface area contributed by atoms with Gasteiger partial charge >= 0.3 is 0 Å². The molecule has 1 aliphatic carbocycles. The molecule has 3 atom stereocenters. The first kappa shape index (κ1) is 16.5. The average Bonchev–Trinajstić information content (AvgIpc) is 2.84. The number of aliphatic hydroxyl groups excluding tert-OH is 1. The van der Waals surface area contributed by atoms with Crippen LogP contribution in [0.3, 0.4) is 0 Å². The lowest BCUT2D eigenvalue weighted by Gasteiger charge is -2.18. The van der Waals surface area contributed by atoms with E-state index in [0.29, 0.717) is 12.5 Å². The predicted octanol–water partition coefficient (Wildman–Crippen LogP) is 3.94. The fourth-order valence-electron chi connectivity index (χ4n) is 3.40. The number of rotatable bonds is 7. The van der Waals surface area contributed by atoms with E-state index < -0.39 is 6.10 Å². The zero-order valence-electron chi connectivity index (χ0n) is 13.8. The van der Waals surface area contributed by atoms with E-state index in [1.54, 1.807) is 0 Å². The molecule has 0 aliphatic heterocycles. The van der Waals surface area contributed by atoms with Crippen LogP contribution in [0, 0.1) is 17.8 Å². The van der Waals surface area contributed by atoms with Crippen LogP contribution in [-0.4, -0.2) is 18.2 Å². The Morgan fingerprint density at radius 1 is 1.19 bits per heavy atom. The first-order valence-corrected chi connectivity index (χ1v) is 8.54. The van der Waals surface area contributed by atoms with Gasteiger partial charge in [0.15, 0.2) is 0 Å². The van der Waals surface area contributed by atoms with Crippen LogP contribution in [0.2, 0.25) is 0 Å². The van der Waals surface area contributed by atoms with Crippen molar-refractivity contribution in [3.8, 4) is 0 Å². The summed E-state index contributed by atoms with van der Waals surface area (Å²) in [6.45, 7) is 8.52. The van der Waals surface area contributed by atoms with Gasteiger partial charge in [0.05, 0.1) is 6.10 Å². The Hall–Kier alpha value is -0.860. The first-order valence-electron chi connectivity index (χ1n) is 8.54. The van der Waals surface area contributed by atoms with Crippen molar-refractivity contribution in [3.05, 3.63) is 35.4 Å². The van der Waals surface area contributed by atoms with Crippen molar-refractivity contribution < 1.29 is 5.11 Å². The molecule has 0 saturated heterocycles. The third kappa shape index (κ3) is 5.12. The third-order valence-electron chi connectivity index (χ3n) is 4.79. The van der Waals surface area contributed by atoms with E-state index in [1.165, 1.54) is 24.8 Å². The molecule has 1 aliphatic rings. The Labute approximate surface area is 130 Å². The monoisotopic (exact) mass is 289 g/mol. The van der Waals surface area contributed by atoms with Gasteiger partial charge in [0.2, 0.25) is 0 Å². The zero-order chi connectivity index (χ0) is 15.2. The third-order valence-corrected chi connectivity index (χ3v) is 4.79. The highest BCUT2D eigenvalue weighted by atomic mass is 16.3. The maximum absolute atomic E-state index is 10.3. The largest absolute Gasteiger partial charge is 0.387 e. The lowest BCUT2D eigenvalue weighted by molar-refractivity contribution is 0.171. The van der Waals surface area contributed by atoms with E-state index in [1.807, 2.05) is 0 Å². The van der Waals surface area contributed by atoms with E-state index in [0.717, 1.165) is 30.4 Å². The molecule has 0 heterocycles. The Balaban J connectivity index is 1.76. The Kier molecular flexibility index (Phi) is 6.25. The smallest absolute Gasteiger partial charge is 0.0914 e. The summed E-state index contributed by atoms with van der Waals surface area (Å²) >= 11 is 0. The Bertz CT molecular complexity index is 412. The second-order valence-electron chi connectivity index (χ2n) is 7.18. The van der Waals surface area contributed by atoms with E-state index >= 15 is 0 Å². The molecule has 21 heavy (non-hydrogen) atoms. The van der Waals surface area contributed by atoms with Crippen LogP contribution in [0.15, 0.2) is 24.3 Å². The van der Waals surface area contributed by atoms with Gasteiger partial charge < -0.3 is 10.4 Å². The van der Waals surface area contributed by atoms with Gasteiger partial charge in [0, 0.05) is 6.54 Å². The van der Waals surface area contributed by atoms with Crippen LogP contribution in [0.1, 0.15) is 57.3 Å². The highest BCUT2D eigenvalue weighted by Gasteiger charge is 2.22. The van der Waals surface area contributed by atoms with Crippen molar-refractivity contribution in [2.24, 2.45) is 17.8 Å². The lowest BCUT2D eigenvalue weighted by Crippen LogP contribution is -2.28. The summed E-state index contributed by atoms with van der Waals surface area (Å²) in [4.78, 5) is 0. The van der Waals surface area contributed by atoms with Crippen LogP contribution >= 0.6 is 0 Å². The maximum Gasteiger partial charge on any atom is 0.0914 e. The SMILES string of the molecule is CC(C)Cc1ccc(C(O)CNCC2CCCC2C)cc1. The minimum atomic E-state index is -0.394. The van der Waals surface area contributed by atoms with Gasteiger partial charge in [0.1, 0.15) is 0 Å². The molecule has 2 N–H and O–H groups in total. The zero-order valence-corrected chi connectivity index (χ0v) is 13.8. The molecular weight excluding hydrogens is 258 g/mol. The van der Waals surface area contributed by atoms with E-state index in [2.05, 4.69) is 50.4 Å². The minimum Gasteiger partial charge on any atom is -0.387 e. The molecule has 0 radical (unpaired) electrons. The fourth-order valence-corrected chi connectivity index (χ4v) is 3.40. The van der Waals surface area contributed by atoms with E-state index in [4.69, 9.17) is 0 Å². The van der Waals surface area contributed by atoms with Crippen molar-refractivity contribution in [1.29, 1.82) is 0 Å². The molecule has 1 saturated carbocycles. The molecule has 1 aromatic carbocycles. The van der Waals surface area contributed by atoms with E-state index in [9.17, 15) is 5.11 Å². The van der Waals surface area contributed by atoms with Crippen LogP contribution in [0.25, 0.3) is 0 Å². The molecule has 2 rings (SSSR count). The molecule has 118 valence electrons. The molecule has 0 amide bonds. The van der Waals surface area contributed by atoms with Gasteiger partial charge in [-0.1, -0.05) is 57.9 Å². The minimum absolute atomic E-state index is 0.394. The average molecular weight is 289 g/mol. The van der Waals surface area contributed by atoms with Gasteiger partial charge in [-0.2, -0.15) is 0 Å². The summed E-state index contributed by atoms with van der Waals surface area (Å²) in [7, 11) is 0. The standard InChI is InChI=1S/C19H31NO/c1-14(2)11-16-7-9-17(10-8-16)19(21)13-20-12-18-6-4-5-15(18)3/h7-10,14-15,18-21H,4-6,11-13H2,1-3H3. The summed E-state index contributed by atoms with van der Waals surface area (Å²) in [6.07, 6.45) is 4.79. The summed E-state index contributed by atoms with van der Waals surface area (Å²) < 4.78 is 0. The fraction of sp³-hybridized carbons (Fsp3) is 0.684. The van der Waals surface area contributed by atoms with E-state index in [-0.39, 0.29) is 0 Å². The molecule has 2 nitrogen and oxygen atoms in total. The molecule has 3 unspecified atom stereocenters. The van der Waals surface area contributed by atoms with Crippen LogP contribution in [-0.2, 0) is 6.42 Å². The molecular formula is C19H31NO. The molecule has 1 fully saturated rings. The van der Waals surface area contributed by atoms with Crippen LogP contribution in [0.5, 0.6) is 0 Å². The molecule has 0 aromatic heterocycles. The second-order valence-corrected chi connectivity index (χ2v) is 7.18. The number of nitrogens with one attached hydrogen (secondary N) is 1. The van der Waals surface area contributed by atoms with Gasteiger partial charge in [-0.05, 0) is 48.3 Å². The Morgan fingerprint density at radius 3 is 2.48 bits per heavy atom. The molecule has 0 bridgehead atoms. The number of benzene rings is 1. The molecule has 1 aromatic rings. The number of aliphatic hydroxyl groups is 1. The summed E-state index contributed by atoms with van der Waals surface area (Å²) in [6, 6.07) is 8.44. The van der Waals surface area contributed by atoms with Crippen molar-refractivity contribution in [1.82, 2.24) is 5.32 Å². The quantitative estimate of drug-likeness (QED) is 0.797. The second kappa shape index (κ2) is 7.95. The highest BCUT2D eigenvalue weighted by molar-refractivity contribution is 5.24. The maximum atomic E-state index is 10.3. The summed E-state index contributed by atoms with van der Waals surface area (Å²) in [5.74, 6) is 2.31. The van der Waals surface area contributed by atoms with Crippen LogP contribution in [0.4, 0.5) is 0 Å². The number of hydrogen-bond donors (Lipinski definition) is 2. The van der Waals surface area contributed by atoms with Gasteiger partial charge in [-0.3, -0.25) is 0 Å². The van der Waals surface area contributed by atoms with Crippen molar-refractivity contribution in [2.45, 2.75) is 52.6 Å². The van der Waals surface area contributed by atoms with Crippen molar-refractivity contribution in [2.75, 3.05) is 13.1 Å². The predicted molar refractivity (Wildman–Crippen MR) is 89.3 cm³/mol. The van der Waals surface area contributed by atoms with Crippen LogP contribution < -0.4 is 5.32 Å². The van der Waals surface area contributed by atoms with Crippen molar-refractivity contribution >= 4 is 0 Å². The van der Waals surface area contributed by atoms with Crippen molar-refractivity contribution in [3.63, 3.8) is 0 Å². The van der Waals surface area contributed by atoms with Gasteiger partial charge in [0.25, 0.3) is 0 Å². The molecule has 0 spiro atoms. The first-order chi connectivity index (χ1) is 10.1. The Morgan fingerprint density at radius 2 is 1.90 bits per heavy atom. The summed E-state index contributed by atoms with van der Waals surface area (Å²) in [5, 5.41) is 13.7. The van der Waals surface area contributed by atoms with Gasteiger partial charge in [-0.25, -0.2) is 0 Å². The van der Waals surface area contributed by atoms with Gasteiger partial charge in [-0.15, -0.1) is 0 Å². The topological polar surface area (TPSA) is 32.3 Å². The summed E-state index contributed by atoms with van der Waals surface area (Å²) in [5.41, 5.74) is 2.38.